The fourth-order valence-electron chi connectivity index (χ4n) is 4.26. The first kappa shape index (κ1) is 21.0. The number of aromatic hydroxyl groups is 1. The Morgan fingerprint density at radius 3 is 2.68 bits per heavy atom. The fraction of sp³-hybridized carbons (Fsp3) is 0.409. The third kappa shape index (κ3) is 3.81. The van der Waals surface area contributed by atoms with Crippen LogP contribution in [0.2, 0.25) is 0 Å². The van der Waals surface area contributed by atoms with Crippen molar-refractivity contribution in [1.82, 2.24) is 19.7 Å². The number of carbonyl (C=O) groups excluding carboxylic acids is 2. The van der Waals surface area contributed by atoms with Gasteiger partial charge in [-0.25, -0.2) is 4.39 Å². The van der Waals surface area contributed by atoms with Gasteiger partial charge in [0.25, 0.3) is 11.8 Å². The summed E-state index contributed by atoms with van der Waals surface area (Å²) in [5.74, 6) is -2.18. The molecule has 2 aromatic rings. The summed E-state index contributed by atoms with van der Waals surface area (Å²) in [7, 11) is 1.95. The molecule has 0 radical (unpaired) electrons. The summed E-state index contributed by atoms with van der Waals surface area (Å²) in [5.41, 5.74) is -0.545. The standard InChI is InChI=1S/C22H25FN4O4/c1-13-4-3-9-27-17(25(13)2)12-26-11-16(19(28)20(29)18(26)22(27)31)21(30)24-10-14-5-7-15(23)8-6-14/h5-8,11,13,17,29H,3-4,9-10,12H2,1-2H3,(H,24,30)/t13-,17?/m0/s1. The number of carbonyl (C=O) groups is 2. The number of nitrogens with one attached hydrogen (secondary N) is 1. The minimum Gasteiger partial charge on any atom is -0.503 e. The number of hydrogen-bond donors (Lipinski definition) is 2. The van der Waals surface area contributed by atoms with Gasteiger partial charge in [-0.3, -0.25) is 19.3 Å². The third-order valence-electron chi connectivity index (χ3n) is 6.24. The molecule has 9 heteroatoms. The molecule has 164 valence electrons. The fourth-order valence-corrected chi connectivity index (χ4v) is 4.26. The summed E-state index contributed by atoms with van der Waals surface area (Å²) in [4.78, 5) is 42.2. The van der Waals surface area contributed by atoms with Gasteiger partial charge in [-0.2, -0.15) is 0 Å². The van der Waals surface area contributed by atoms with E-state index in [4.69, 9.17) is 0 Å². The molecule has 4 rings (SSSR count). The summed E-state index contributed by atoms with van der Waals surface area (Å²) < 4.78 is 14.5. The first-order valence-corrected chi connectivity index (χ1v) is 10.3. The molecule has 3 heterocycles. The highest BCUT2D eigenvalue weighted by atomic mass is 19.1. The van der Waals surface area contributed by atoms with E-state index in [0.717, 1.165) is 12.8 Å². The molecule has 2 amide bonds. The Hall–Kier alpha value is -3.20. The average molecular weight is 428 g/mol. The lowest BCUT2D eigenvalue weighted by Crippen LogP contribution is -2.56. The van der Waals surface area contributed by atoms with E-state index in [9.17, 15) is 23.9 Å². The van der Waals surface area contributed by atoms with Crippen molar-refractivity contribution < 1.29 is 19.1 Å². The van der Waals surface area contributed by atoms with Crippen LogP contribution >= 0.6 is 0 Å². The molecule has 1 aromatic carbocycles. The number of amides is 2. The van der Waals surface area contributed by atoms with Crippen molar-refractivity contribution in [3.8, 4) is 5.75 Å². The number of halogens is 1. The van der Waals surface area contributed by atoms with Crippen LogP contribution in [0, 0.1) is 5.82 Å². The Morgan fingerprint density at radius 2 is 1.97 bits per heavy atom. The number of pyridine rings is 1. The third-order valence-corrected chi connectivity index (χ3v) is 6.24. The topological polar surface area (TPSA) is 94.9 Å². The summed E-state index contributed by atoms with van der Waals surface area (Å²) in [6.45, 7) is 3.08. The highest BCUT2D eigenvalue weighted by Gasteiger charge is 2.40. The molecular weight excluding hydrogens is 403 g/mol. The van der Waals surface area contributed by atoms with Gasteiger partial charge >= 0.3 is 0 Å². The molecule has 1 saturated heterocycles. The zero-order chi connectivity index (χ0) is 22.3. The maximum absolute atomic E-state index is 13.1. The van der Waals surface area contributed by atoms with E-state index in [0.29, 0.717) is 18.7 Å². The van der Waals surface area contributed by atoms with Crippen LogP contribution in [0.15, 0.2) is 35.3 Å². The first-order valence-electron chi connectivity index (χ1n) is 10.3. The van der Waals surface area contributed by atoms with Gasteiger partial charge in [0.15, 0.2) is 11.4 Å². The van der Waals surface area contributed by atoms with Gasteiger partial charge in [-0.05, 0) is 44.5 Å². The van der Waals surface area contributed by atoms with E-state index in [1.165, 1.54) is 35.0 Å². The van der Waals surface area contributed by atoms with Gasteiger partial charge in [-0.1, -0.05) is 12.1 Å². The van der Waals surface area contributed by atoms with Crippen molar-refractivity contribution in [2.45, 2.75) is 45.1 Å². The summed E-state index contributed by atoms with van der Waals surface area (Å²) in [5, 5.41) is 13.1. The molecule has 2 aliphatic rings. The average Bonchev–Trinajstić information content (AvgIpc) is 2.89. The number of aromatic nitrogens is 1. The zero-order valence-electron chi connectivity index (χ0n) is 17.5. The van der Waals surface area contributed by atoms with Gasteiger partial charge in [0.1, 0.15) is 17.5 Å². The monoisotopic (exact) mass is 428 g/mol. The number of hydrogen-bond acceptors (Lipinski definition) is 5. The minimum absolute atomic E-state index is 0.0840. The lowest BCUT2D eigenvalue weighted by molar-refractivity contribution is 0.0210. The second kappa shape index (κ2) is 8.14. The van der Waals surface area contributed by atoms with Crippen LogP contribution in [-0.2, 0) is 13.1 Å². The Balaban J connectivity index is 1.64. The highest BCUT2D eigenvalue weighted by Crippen LogP contribution is 2.28. The van der Waals surface area contributed by atoms with Gasteiger partial charge in [-0.15, -0.1) is 0 Å². The van der Waals surface area contributed by atoms with Crippen LogP contribution in [0.25, 0.3) is 0 Å². The second-order valence-electron chi connectivity index (χ2n) is 8.17. The number of rotatable bonds is 3. The first-order chi connectivity index (χ1) is 14.8. The van der Waals surface area contributed by atoms with E-state index < -0.39 is 23.0 Å². The largest absolute Gasteiger partial charge is 0.503 e. The molecule has 8 nitrogen and oxygen atoms in total. The van der Waals surface area contributed by atoms with E-state index in [2.05, 4.69) is 17.1 Å². The second-order valence-corrected chi connectivity index (χ2v) is 8.17. The minimum atomic E-state index is -0.883. The Morgan fingerprint density at radius 1 is 1.26 bits per heavy atom. The van der Waals surface area contributed by atoms with Crippen molar-refractivity contribution >= 4 is 11.8 Å². The van der Waals surface area contributed by atoms with Gasteiger partial charge in [0, 0.05) is 25.3 Å². The highest BCUT2D eigenvalue weighted by molar-refractivity contribution is 5.99. The normalized spacial score (nSPS) is 21.3. The maximum atomic E-state index is 13.1. The molecular formula is C22H25FN4O4. The molecule has 31 heavy (non-hydrogen) atoms. The van der Waals surface area contributed by atoms with Crippen LogP contribution in [0.1, 0.15) is 46.2 Å². The molecule has 2 N–H and O–H groups in total. The van der Waals surface area contributed by atoms with Crippen molar-refractivity contribution in [3.05, 3.63) is 63.3 Å². The molecule has 2 atom stereocenters. The van der Waals surface area contributed by atoms with Gasteiger partial charge < -0.3 is 19.9 Å². The number of likely N-dealkylation sites (N-methyl/N-ethyl adjacent to an activating group) is 1. The maximum Gasteiger partial charge on any atom is 0.275 e. The number of nitrogens with zero attached hydrogens (tertiary/aromatic N) is 3. The summed E-state index contributed by atoms with van der Waals surface area (Å²) in [6, 6.07) is 5.90. The van der Waals surface area contributed by atoms with Gasteiger partial charge in [0.2, 0.25) is 5.43 Å². The quantitative estimate of drug-likeness (QED) is 0.773. The van der Waals surface area contributed by atoms with E-state index >= 15 is 0 Å². The number of benzene rings is 1. The van der Waals surface area contributed by atoms with Crippen LogP contribution < -0.4 is 10.7 Å². The molecule has 0 spiro atoms. The lowest BCUT2D eigenvalue weighted by atomic mass is 10.1. The molecule has 0 bridgehead atoms. The Bertz CT molecular complexity index is 1080. The lowest BCUT2D eigenvalue weighted by Gasteiger charge is -2.42. The Labute approximate surface area is 178 Å². The zero-order valence-corrected chi connectivity index (χ0v) is 17.5. The molecule has 1 unspecified atom stereocenters. The number of fused-ring (bicyclic) bond motifs is 2. The molecule has 1 aromatic heterocycles. The van der Waals surface area contributed by atoms with Crippen molar-refractivity contribution in [1.29, 1.82) is 0 Å². The van der Waals surface area contributed by atoms with Gasteiger partial charge in [0.05, 0.1) is 6.54 Å². The van der Waals surface area contributed by atoms with Crippen LogP contribution in [0.4, 0.5) is 4.39 Å². The van der Waals surface area contributed by atoms with Crippen molar-refractivity contribution in [2.75, 3.05) is 13.6 Å². The SMILES string of the molecule is C[C@H]1CCCN2C(=O)c3c(O)c(=O)c(C(=O)NCc4ccc(F)cc4)cn3CC2N1C. The molecule has 2 aliphatic heterocycles. The molecule has 1 fully saturated rings. The van der Waals surface area contributed by atoms with E-state index in [-0.39, 0.29) is 35.8 Å². The van der Waals surface area contributed by atoms with Crippen LogP contribution in [-0.4, -0.2) is 57.1 Å². The van der Waals surface area contributed by atoms with Crippen LogP contribution in [0.3, 0.4) is 0 Å². The Kier molecular flexibility index (Phi) is 5.53. The predicted octanol–water partition coefficient (Wildman–Crippen LogP) is 1.52. The van der Waals surface area contributed by atoms with Crippen LogP contribution in [0.5, 0.6) is 5.75 Å². The molecule has 0 saturated carbocycles. The van der Waals surface area contributed by atoms with E-state index in [1.54, 1.807) is 4.90 Å². The summed E-state index contributed by atoms with van der Waals surface area (Å²) in [6.07, 6.45) is 2.89. The van der Waals surface area contributed by atoms with E-state index in [1.807, 2.05) is 7.05 Å². The predicted molar refractivity (Wildman–Crippen MR) is 111 cm³/mol. The summed E-state index contributed by atoms with van der Waals surface area (Å²) >= 11 is 0. The smallest absolute Gasteiger partial charge is 0.275 e. The van der Waals surface area contributed by atoms with Crippen molar-refractivity contribution in [3.63, 3.8) is 0 Å². The molecule has 0 aliphatic carbocycles. The van der Waals surface area contributed by atoms with Crippen molar-refractivity contribution in [2.24, 2.45) is 0 Å².